The van der Waals surface area contributed by atoms with Crippen molar-refractivity contribution in [3.63, 3.8) is 0 Å². The molecule has 0 N–H and O–H groups in total. The molecule has 142 valence electrons. The molecule has 0 aromatic heterocycles. The fraction of sp³-hybridized carbons (Fsp3) is 0.810. The number of ketones is 1. The average Bonchev–Trinajstić information content (AvgIpc) is 2.79. The maximum absolute atomic E-state index is 12.6. The number of Topliss-reactive ketones (excluding diaryl/α,β-unsaturated/α-hetero) is 1. The summed E-state index contributed by atoms with van der Waals surface area (Å²) in [5, 5.41) is 0. The Morgan fingerprint density at radius 3 is 2.24 bits per heavy atom. The van der Waals surface area contributed by atoms with Crippen LogP contribution in [0.4, 0.5) is 4.79 Å². The van der Waals surface area contributed by atoms with Crippen molar-refractivity contribution >= 4 is 11.9 Å². The van der Waals surface area contributed by atoms with E-state index in [0.717, 1.165) is 44.9 Å². The van der Waals surface area contributed by atoms with E-state index in [4.69, 9.17) is 4.74 Å². The Balaban J connectivity index is 1.77. The number of ether oxygens (including phenoxy) is 1. The lowest BCUT2D eigenvalue weighted by Crippen LogP contribution is -2.49. The quantitative estimate of drug-likeness (QED) is 0.443. The van der Waals surface area contributed by atoms with Gasteiger partial charge in [0.2, 0.25) is 0 Å². The topological polar surface area (TPSA) is 46.6 Å². The molecule has 2 unspecified atom stereocenters. The molecule has 1 amide bonds. The van der Waals surface area contributed by atoms with Gasteiger partial charge in [-0.3, -0.25) is 4.79 Å². The van der Waals surface area contributed by atoms with Gasteiger partial charge in [0, 0.05) is 24.4 Å². The predicted molar refractivity (Wildman–Crippen MR) is 101 cm³/mol. The van der Waals surface area contributed by atoms with Crippen LogP contribution in [0.15, 0.2) is 12.7 Å². The number of piperidine rings is 1. The maximum Gasteiger partial charge on any atom is 0.410 e. The second-order valence-electron chi connectivity index (χ2n) is 8.65. The Hall–Kier alpha value is -1.32. The third-order valence-corrected chi connectivity index (χ3v) is 5.37. The molecule has 0 aliphatic carbocycles. The second kappa shape index (κ2) is 8.86. The first-order valence-corrected chi connectivity index (χ1v) is 9.96. The van der Waals surface area contributed by atoms with Crippen LogP contribution >= 0.6 is 0 Å². The third kappa shape index (κ3) is 5.86. The van der Waals surface area contributed by atoms with Gasteiger partial charge >= 0.3 is 6.09 Å². The zero-order valence-corrected chi connectivity index (χ0v) is 16.3. The monoisotopic (exact) mass is 349 g/mol. The summed E-state index contributed by atoms with van der Waals surface area (Å²) in [6.07, 6.45) is 11.7. The number of rotatable bonds is 8. The Bertz CT molecular complexity index is 466. The predicted octanol–water partition coefficient (Wildman–Crippen LogP) is 5.26. The van der Waals surface area contributed by atoms with Crippen molar-refractivity contribution in [3.8, 4) is 0 Å². The van der Waals surface area contributed by atoms with E-state index in [1.807, 2.05) is 31.7 Å². The molecule has 0 saturated carbocycles. The average molecular weight is 350 g/mol. The summed E-state index contributed by atoms with van der Waals surface area (Å²) < 4.78 is 5.56. The van der Waals surface area contributed by atoms with Crippen molar-refractivity contribution in [3.05, 3.63) is 12.7 Å². The van der Waals surface area contributed by atoms with Crippen molar-refractivity contribution in [1.29, 1.82) is 0 Å². The molecule has 0 radical (unpaired) electrons. The second-order valence-corrected chi connectivity index (χ2v) is 8.65. The molecule has 2 rings (SSSR count). The standard InChI is InChI=1S/C21H35NO3/c1-5-6-7-8-9-10-11-19(23)16-14-17-12-13-18(15-16)22(17)20(24)25-21(2,3)4/h5,16-18H,1,6-15H2,2-4H3. The van der Waals surface area contributed by atoms with Crippen molar-refractivity contribution < 1.29 is 14.3 Å². The molecule has 2 atom stereocenters. The summed E-state index contributed by atoms with van der Waals surface area (Å²) >= 11 is 0. The van der Waals surface area contributed by atoms with Gasteiger partial charge in [-0.1, -0.05) is 18.9 Å². The number of carbonyl (C=O) groups is 2. The number of fused-ring (bicyclic) bond motifs is 2. The molecule has 25 heavy (non-hydrogen) atoms. The SMILES string of the molecule is C=CCCCCCCC(=O)C1CC2CCC(C1)N2C(=O)OC(C)(C)C. The number of unbranched alkanes of at least 4 members (excludes halogenated alkanes) is 4. The molecule has 2 bridgehead atoms. The van der Waals surface area contributed by atoms with E-state index in [-0.39, 0.29) is 24.1 Å². The highest BCUT2D eigenvalue weighted by Crippen LogP contribution is 2.40. The summed E-state index contributed by atoms with van der Waals surface area (Å²) in [4.78, 5) is 26.9. The van der Waals surface area contributed by atoms with Gasteiger partial charge in [0.1, 0.15) is 11.4 Å². The number of amides is 1. The third-order valence-electron chi connectivity index (χ3n) is 5.37. The molecule has 2 saturated heterocycles. The van der Waals surface area contributed by atoms with Crippen molar-refractivity contribution in [2.24, 2.45) is 5.92 Å². The molecule has 0 aromatic carbocycles. The zero-order valence-electron chi connectivity index (χ0n) is 16.3. The summed E-state index contributed by atoms with van der Waals surface area (Å²) in [6.45, 7) is 9.44. The highest BCUT2D eigenvalue weighted by molar-refractivity contribution is 5.81. The lowest BCUT2D eigenvalue weighted by atomic mass is 9.85. The number of nitrogens with zero attached hydrogens (tertiary/aromatic N) is 1. The van der Waals surface area contributed by atoms with Crippen LogP contribution in [-0.2, 0) is 9.53 Å². The fourth-order valence-corrected chi connectivity index (χ4v) is 4.20. The minimum absolute atomic E-state index is 0.143. The normalized spacial score (nSPS) is 25.7. The smallest absolute Gasteiger partial charge is 0.410 e. The van der Waals surface area contributed by atoms with Crippen molar-refractivity contribution in [2.45, 2.75) is 103 Å². The number of hydrogen-bond donors (Lipinski definition) is 0. The lowest BCUT2D eigenvalue weighted by molar-refractivity contribution is -0.125. The fourth-order valence-electron chi connectivity index (χ4n) is 4.20. The molecule has 2 aliphatic heterocycles. The summed E-state index contributed by atoms with van der Waals surface area (Å²) in [5.74, 6) is 0.550. The Morgan fingerprint density at radius 2 is 1.68 bits per heavy atom. The number of hydrogen-bond acceptors (Lipinski definition) is 3. The van der Waals surface area contributed by atoms with Crippen LogP contribution in [0.2, 0.25) is 0 Å². The Labute approximate surface area is 153 Å². The summed E-state index contributed by atoms with van der Waals surface area (Å²) in [5.41, 5.74) is -0.464. The molecule has 0 spiro atoms. The number of carbonyl (C=O) groups excluding carboxylic acids is 2. The molecule has 4 heteroatoms. The first-order chi connectivity index (χ1) is 11.8. The van der Waals surface area contributed by atoms with E-state index in [2.05, 4.69) is 6.58 Å². The Morgan fingerprint density at radius 1 is 1.08 bits per heavy atom. The molecular formula is C21H35NO3. The van der Waals surface area contributed by atoms with Gasteiger partial charge in [-0.25, -0.2) is 4.79 Å². The van der Waals surface area contributed by atoms with Crippen molar-refractivity contribution in [2.75, 3.05) is 0 Å². The first-order valence-electron chi connectivity index (χ1n) is 9.96. The highest BCUT2D eigenvalue weighted by Gasteiger charge is 2.46. The van der Waals surface area contributed by atoms with E-state index in [1.54, 1.807) is 0 Å². The van der Waals surface area contributed by atoms with Crippen LogP contribution in [-0.4, -0.2) is 34.5 Å². The van der Waals surface area contributed by atoms with Gasteiger partial charge in [0.15, 0.2) is 0 Å². The lowest BCUT2D eigenvalue weighted by Gasteiger charge is -2.39. The minimum Gasteiger partial charge on any atom is -0.444 e. The van der Waals surface area contributed by atoms with Crippen LogP contribution in [0.5, 0.6) is 0 Å². The van der Waals surface area contributed by atoms with Gasteiger partial charge < -0.3 is 9.64 Å². The minimum atomic E-state index is -0.464. The summed E-state index contributed by atoms with van der Waals surface area (Å²) in [7, 11) is 0. The molecule has 2 heterocycles. The first kappa shape index (κ1) is 20.0. The van der Waals surface area contributed by atoms with Crippen LogP contribution in [0.25, 0.3) is 0 Å². The van der Waals surface area contributed by atoms with Gasteiger partial charge in [-0.05, 0) is 65.7 Å². The van der Waals surface area contributed by atoms with E-state index >= 15 is 0 Å². The zero-order chi connectivity index (χ0) is 18.4. The van der Waals surface area contributed by atoms with E-state index in [1.165, 1.54) is 12.8 Å². The van der Waals surface area contributed by atoms with Crippen LogP contribution in [0.1, 0.15) is 85.0 Å². The van der Waals surface area contributed by atoms with E-state index < -0.39 is 5.60 Å². The van der Waals surface area contributed by atoms with Crippen molar-refractivity contribution in [1.82, 2.24) is 4.90 Å². The Kier molecular flexibility index (Phi) is 7.09. The molecule has 4 nitrogen and oxygen atoms in total. The molecule has 0 aromatic rings. The summed E-state index contributed by atoms with van der Waals surface area (Å²) in [6, 6.07) is 0.380. The molecule has 2 fully saturated rings. The van der Waals surface area contributed by atoms with E-state index in [0.29, 0.717) is 12.2 Å². The number of allylic oxidation sites excluding steroid dienone is 1. The largest absolute Gasteiger partial charge is 0.444 e. The molecule has 2 aliphatic rings. The maximum atomic E-state index is 12.6. The van der Waals surface area contributed by atoms with Crippen LogP contribution < -0.4 is 0 Å². The van der Waals surface area contributed by atoms with E-state index in [9.17, 15) is 9.59 Å². The van der Waals surface area contributed by atoms with Crippen LogP contribution in [0.3, 0.4) is 0 Å². The highest BCUT2D eigenvalue weighted by atomic mass is 16.6. The van der Waals surface area contributed by atoms with Gasteiger partial charge in [0.05, 0.1) is 0 Å². The van der Waals surface area contributed by atoms with Gasteiger partial charge in [-0.15, -0.1) is 6.58 Å². The van der Waals surface area contributed by atoms with Gasteiger partial charge in [0.25, 0.3) is 0 Å². The van der Waals surface area contributed by atoms with Gasteiger partial charge in [-0.2, -0.15) is 0 Å². The van der Waals surface area contributed by atoms with Crippen LogP contribution in [0, 0.1) is 5.92 Å². The molecular weight excluding hydrogens is 314 g/mol.